The molecular weight excluding hydrogens is 270 g/mol. The van der Waals surface area contributed by atoms with E-state index in [0.29, 0.717) is 6.67 Å². The van der Waals surface area contributed by atoms with Crippen molar-refractivity contribution < 1.29 is 4.79 Å². The molecule has 0 bridgehead atoms. The molecule has 1 saturated heterocycles. The van der Waals surface area contributed by atoms with Crippen LogP contribution in [0.1, 0.15) is 18.2 Å². The molecule has 1 amide bonds. The average Bonchev–Trinajstić information content (AvgIpc) is 2.99. The maximum absolute atomic E-state index is 12.4. The van der Waals surface area contributed by atoms with Gasteiger partial charge in [0.15, 0.2) is 0 Å². The van der Waals surface area contributed by atoms with E-state index in [2.05, 4.69) is 22.0 Å². The number of carbonyl (C=O) groups excluding carboxylic acids is 1. The van der Waals surface area contributed by atoms with Gasteiger partial charge in [0.1, 0.15) is 11.0 Å². The normalized spacial score (nSPS) is 21.6. The molecule has 2 aliphatic rings. The summed E-state index contributed by atoms with van der Waals surface area (Å²) < 4.78 is 0. The number of amides is 1. The van der Waals surface area contributed by atoms with Gasteiger partial charge >= 0.3 is 0 Å². The molecule has 4 nitrogen and oxygen atoms in total. The Kier molecular flexibility index (Phi) is 2.41. The van der Waals surface area contributed by atoms with E-state index in [1.54, 1.807) is 0 Å². The van der Waals surface area contributed by atoms with Crippen LogP contribution in [0.3, 0.4) is 0 Å². The fourth-order valence-corrected chi connectivity index (χ4v) is 3.65. The molecule has 1 aromatic heterocycles. The summed E-state index contributed by atoms with van der Waals surface area (Å²) in [5, 5.41) is 1.19. The third-order valence-electron chi connectivity index (χ3n) is 4.36. The third kappa shape index (κ3) is 1.41. The Balaban J connectivity index is 1.86. The van der Waals surface area contributed by atoms with Gasteiger partial charge in [0.25, 0.3) is 0 Å². The molecule has 0 saturated carbocycles. The van der Waals surface area contributed by atoms with Gasteiger partial charge in [-0.2, -0.15) is 0 Å². The van der Waals surface area contributed by atoms with Crippen LogP contribution in [0.15, 0.2) is 24.3 Å². The summed E-state index contributed by atoms with van der Waals surface area (Å²) in [6.07, 6.45) is 0.745. The average molecular weight is 285 g/mol. The molecule has 5 heteroatoms. The number of likely N-dealkylation sites (N-methyl/N-ethyl adjacent to an activating group) is 1. The van der Waals surface area contributed by atoms with Crippen LogP contribution in [0, 0.1) is 0 Å². The molecule has 1 unspecified atom stereocenters. The Bertz CT molecular complexity index is 736. The number of aromatic amines is 1. The smallest absolute Gasteiger partial charge is 0.247 e. The Morgan fingerprint density at radius 1 is 1.40 bits per heavy atom. The van der Waals surface area contributed by atoms with Gasteiger partial charge in [-0.15, -0.1) is 0 Å². The molecule has 1 fully saturated rings. The zero-order valence-electron chi connectivity index (χ0n) is 11.2. The molecule has 102 valence electrons. The molecule has 0 radical (unpaired) electrons. The quantitative estimate of drug-likeness (QED) is 0.813. The van der Waals surface area contributed by atoms with Crippen LogP contribution >= 0.6 is 12.2 Å². The maximum atomic E-state index is 12.4. The lowest BCUT2D eigenvalue weighted by molar-refractivity contribution is -0.128. The molecule has 1 N–H and O–H groups in total. The molecule has 1 aromatic carbocycles. The molecule has 20 heavy (non-hydrogen) atoms. The van der Waals surface area contributed by atoms with Crippen LogP contribution in [-0.2, 0) is 11.2 Å². The minimum atomic E-state index is -0.117. The first-order valence-electron chi connectivity index (χ1n) is 6.90. The molecule has 2 aliphatic heterocycles. The van der Waals surface area contributed by atoms with Gasteiger partial charge in [-0.05, 0) is 18.6 Å². The highest BCUT2D eigenvalue weighted by atomic mass is 32.1. The number of hydrogen-bond acceptors (Lipinski definition) is 2. The second-order valence-corrected chi connectivity index (χ2v) is 5.74. The maximum Gasteiger partial charge on any atom is 0.247 e. The first-order chi connectivity index (χ1) is 9.70. The summed E-state index contributed by atoms with van der Waals surface area (Å²) in [5.74, 6) is 0.200. The highest BCUT2D eigenvalue weighted by Crippen LogP contribution is 2.33. The molecule has 0 aliphatic carbocycles. The van der Waals surface area contributed by atoms with Crippen molar-refractivity contribution in [2.45, 2.75) is 19.4 Å². The van der Waals surface area contributed by atoms with Gasteiger partial charge in [-0.25, -0.2) is 0 Å². The second-order valence-electron chi connectivity index (χ2n) is 5.35. The second kappa shape index (κ2) is 4.06. The number of hydrogen-bond donors (Lipinski definition) is 1. The Labute approximate surface area is 122 Å². The van der Waals surface area contributed by atoms with E-state index in [0.717, 1.165) is 29.2 Å². The number of H-pyrrole nitrogens is 1. The van der Waals surface area contributed by atoms with E-state index in [4.69, 9.17) is 12.2 Å². The minimum Gasteiger partial charge on any atom is -0.352 e. The zero-order valence-corrected chi connectivity index (χ0v) is 12.0. The lowest BCUT2D eigenvalue weighted by Crippen LogP contribution is -2.43. The lowest BCUT2D eigenvalue weighted by atomic mass is 9.97. The Morgan fingerprint density at radius 3 is 3.00 bits per heavy atom. The number of fused-ring (bicyclic) bond motifs is 4. The monoisotopic (exact) mass is 285 g/mol. The molecule has 1 atom stereocenters. The number of aromatic nitrogens is 1. The van der Waals surface area contributed by atoms with Crippen molar-refractivity contribution in [3.05, 3.63) is 35.5 Å². The Morgan fingerprint density at radius 2 is 2.20 bits per heavy atom. The van der Waals surface area contributed by atoms with E-state index >= 15 is 0 Å². The van der Waals surface area contributed by atoms with Gasteiger partial charge in [-0.1, -0.05) is 30.4 Å². The zero-order chi connectivity index (χ0) is 13.9. The van der Waals surface area contributed by atoms with Crippen LogP contribution in [-0.4, -0.2) is 44.9 Å². The molecule has 4 rings (SSSR count). The van der Waals surface area contributed by atoms with Gasteiger partial charge in [-0.3, -0.25) is 4.79 Å². The van der Waals surface area contributed by atoms with Crippen molar-refractivity contribution >= 4 is 34.0 Å². The fourth-order valence-electron chi connectivity index (χ4n) is 3.29. The largest absolute Gasteiger partial charge is 0.352 e. The van der Waals surface area contributed by atoms with Crippen LogP contribution in [0.4, 0.5) is 0 Å². The van der Waals surface area contributed by atoms with Crippen molar-refractivity contribution in [1.82, 2.24) is 14.8 Å². The molecule has 0 spiro atoms. The first kappa shape index (κ1) is 11.9. The van der Waals surface area contributed by atoms with Crippen molar-refractivity contribution in [2.75, 3.05) is 13.2 Å². The summed E-state index contributed by atoms with van der Waals surface area (Å²) in [4.78, 5) is 20.5. The van der Waals surface area contributed by atoms with Gasteiger partial charge in [0.05, 0.1) is 12.4 Å². The van der Waals surface area contributed by atoms with E-state index in [1.165, 1.54) is 10.9 Å². The van der Waals surface area contributed by atoms with E-state index in [9.17, 15) is 4.79 Å². The summed E-state index contributed by atoms with van der Waals surface area (Å²) in [6.45, 7) is 3.37. The molecule has 3 heterocycles. The summed E-state index contributed by atoms with van der Waals surface area (Å²) in [7, 11) is 0. The lowest BCUT2D eigenvalue weighted by Gasteiger charge is -2.29. The number of carbonyl (C=O) groups is 1. The fraction of sp³-hybridized carbons (Fsp3) is 0.333. The van der Waals surface area contributed by atoms with Crippen LogP contribution < -0.4 is 0 Å². The number of para-hydroxylation sites is 1. The van der Waals surface area contributed by atoms with Crippen LogP contribution in [0.2, 0.25) is 0 Å². The number of nitrogens with zero attached hydrogens (tertiary/aromatic N) is 2. The van der Waals surface area contributed by atoms with Crippen LogP contribution in [0.25, 0.3) is 10.9 Å². The van der Waals surface area contributed by atoms with E-state index in [1.807, 2.05) is 24.0 Å². The Hall–Kier alpha value is -1.88. The highest BCUT2D eigenvalue weighted by molar-refractivity contribution is 7.80. The predicted molar refractivity (Wildman–Crippen MR) is 81.6 cm³/mol. The predicted octanol–water partition coefficient (Wildman–Crippen LogP) is 1.89. The number of rotatable bonds is 1. The summed E-state index contributed by atoms with van der Waals surface area (Å²) in [5.41, 5.74) is 3.31. The topological polar surface area (TPSA) is 39.3 Å². The van der Waals surface area contributed by atoms with Gasteiger partial charge in [0, 0.05) is 23.9 Å². The molecule has 2 aromatic rings. The third-order valence-corrected chi connectivity index (χ3v) is 4.80. The van der Waals surface area contributed by atoms with E-state index in [-0.39, 0.29) is 11.9 Å². The van der Waals surface area contributed by atoms with Crippen molar-refractivity contribution in [3.63, 3.8) is 0 Å². The van der Waals surface area contributed by atoms with Crippen LogP contribution in [0.5, 0.6) is 0 Å². The molecular formula is C15H15N3OS. The van der Waals surface area contributed by atoms with Crippen molar-refractivity contribution in [1.29, 1.82) is 0 Å². The minimum absolute atomic E-state index is 0.117. The van der Waals surface area contributed by atoms with Gasteiger partial charge in [0.2, 0.25) is 5.91 Å². The van der Waals surface area contributed by atoms with Gasteiger partial charge < -0.3 is 14.8 Å². The highest BCUT2D eigenvalue weighted by Gasteiger charge is 2.43. The number of benzene rings is 1. The van der Waals surface area contributed by atoms with E-state index < -0.39 is 0 Å². The first-order valence-corrected chi connectivity index (χ1v) is 7.31. The SMILES string of the molecule is CCN1CN2C(=S)c3[nH]c4ccccc4c3CC2C1=O. The standard InChI is InChI=1S/C15H15N3OS/c1-2-17-8-18-12(14(17)19)7-10-9-5-3-4-6-11(9)16-13(10)15(18)20/h3-6,12,16H,2,7-8H2,1H3. The number of thiocarbonyl (C=S) groups is 1. The number of nitrogens with one attached hydrogen (secondary N) is 1. The summed E-state index contributed by atoms with van der Waals surface area (Å²) >= 11 is 5.61. The van der Waals surface area contributed by atoms with Crippen molar-refractivity contribution in [2.24, 2.45) is 0 Å². The summed E-state index contributed by atoms with van der Waals surface area (Å²) in [6, 6.07) is 8.08. The van der Waals surface area contributed by atoms with Crippen molar-refractivity contribution in [3.8, 4) is 0 Å².